The number of hydrogen-bond donors (Lipinski definition) is 0. The van der Waals surface area contributed by atoms with Gasteiger partial charge >= 0.3 is 12.1 Å². The van der Waals surface area contributed by atoms with Gasteiger partial charge in [0.1, 0.15) is 5.60 Å². The molecule has 4 nitrogen and oxygen atoms in total. The molecule has 3 rings (SSSR count). The van der Waals surface area contributed by atoms with E-state index in [1.54, 1.807) is 13.0 Å². The molecular weight excluding hydrogens is 431 g/mol. The molecule has 2 aromatic carbocycles. The second-order valence-corrected chi connectivity index (χ2v) is 7.50. The molecule has 8 heteroatoms. The zero-order chi connectivity index (χ0) is 21.8. The van der Waals surface area contributed by atoms with Crippen LogP contribution in [0, 0.1) is 0 Å². The van der Waals surface area contributed by atoms with E-state index in [-0.39, 0.29) is 24.9 Å². The minimum atomic E-state index is -4.42. The largest absolute Gasteiger partial charge is 0.465 e. The van der Waals surface area contributed by atoms with Crippen molar-refractivity contribution >= 4 is 18.4 Å². The van der Waals surface area contributed by atoms with E-state index in [1.807, 2.05) is 36.2 Å². The SMILES string of the molecule is CCOC(=O)CN(C)CCCC1(c2cccc(C(F)(F)F)c2)OCc2ccccc21.Cl. The highest BCUT2D eigenvalue weighted by atomic mass is 35.5. The van der Waals surface area contributed by atoms with E-state index in [0.717, 1.165) is 17.2 Å². The molecule has 1 heterocycles. The maximum absolute atomic E-state index is 13.3. The summed E-state index contributed by atoms with van der Waals surface area (Å²) >= 11 is 0. The van der Waals surface area contributed by atoms with E-state index in [4.69, 9.17) is 9.47 Å². The Hall–Kier alpha value is -2.09. The zero-order valence-electron chi connectivity index (χ0n) is 17.6. The van der Waals surface area contributed by atoms with Crippen molar-refractivity contribution in [1.29, 1.82) is 0 Å². The highest BCUT2D eigenvalue weighted by molar-refractivity contribution is 5.85. The van der Waals surface area contributed by atoms with Gasteiger partial charge in [-0.2, -0.15) is 13.2 Å². The molecule has 0 saturated heterocycles. The van der Waals surface area contributed by atoms with Gasteiger partial charge in [0.05, 0.1) is 25.3 Å². The van der Waals surface area contributed by atoms with Crippen molar-refractivity contribution in [3.63, 3.8) is 0 Å². The van der Waals surface area contributed by atoms with Crippen LogP contribution in [0.25, 0.3) is 0 Å². The summed E-state index contributed by atoms with van der Waals surface area (Å²) in [5.41, 5.74) is 0.747. The molecule has 0 radical (unpaired) electrons. The topological polar surface area (TPSA) is 38.8 Å². The fraction of sp³-hybridized carbons (Fsp3) is 0.435. The third-order valence-electron chi connectivity index (χ3n) is 5.36. The lowest BCUT2D eigenvalue weighted by Gasteiger charge is -2.32. The number of ether oxygens (including phenoxy) is 2. The first-order valence-corrected chi connectivity index (χ1v) is 10.0. The van der Waals surface area contributed by atoms with Crippen LogP contribution < -0.4 is 0 Å². The first kappa shape index (κ1) is 25.2. The molecule has 0 N–H and O–H groups in total. The minimum Gasteiger partial charge on any atom is -0.465 e. The van der Waals surface area contributed by atoms with Gasteiger partial charge in [-0.25, -0.2) is 0 Å². The average molecular weight is 458 g/mol. The fourth-order valence-corrected chi connectivity index (χ4v) is 3.96. The number of halogens is 4. The fourth-order valence-electron chi connectivity index (χ4n) is 3.96. The van der Waals surface area contributed by atoms with Crippen LogP contribution in [0.1, 0.15) is 42.0 Å². The number of carbonyl (C=O) groups excluding carboxylic acids is 1. The Balaban J connectivity index is 0.00000341. The van der Waals surface area contributed by atoms with Gasteiger partial charge in [-0.05, 0) is 62.2 Å². The van der Waals surface area contributed by atoms with E-state index in [0.29, 0.717) is 38.2 Å². The van der Waals surface area contributed by atoms with Crippen molar-refractivity contribution in [2.75, 3.05) is 26.7 Å². The van der Waals surface area contributed by atoms with E-state index >= 15 is 0 Å². The average Bonchev–Trinajstić information content (AvgIpc) is 3.07. The van der Waals surface area contributed by atoms with Crippen molar-refractivity contribution in [3.05, 3.63) is 70.8 Å². The third kappa shape index (κ3) is 5.79. The number of esters is 1. The monoisotopic (exact) mass is 457 g/mol. The molecule has 0 bridgehead atoms. The number of fused-ring (bicyclic) bond motifs is 1. The van der Waals surface area contributed by atoms with E-state index in [2.05, 4.69) is 0 Å². The number of alkyl halides is 3. The van der Waals surface area contributed by atoms with Crippen LogP contribution in [-0.2, 0) is 32.7 Å². The number of carbonyl (C=O) groups is 1. The lowest BCUT2D eigenvalue weighted by Crippen LogP contribution is -2.32. The molecule has 0 spiro atoms. The molecule has 1 aliphatic rings. The number of nitrogens with zero attached hydrogens (tertiary/aromatic N) is 1. The maximum Gasteiger partial charge on any atom is 0.416 e. The van der Waals surface area contributed by atoms with Gasteiger partial charge in [-0.3, -0.25) is 9.69 Å². The van der Waals surface area contributed by atoms with Crippen molar-refractivity contribution in [3.8, 4) is 0 Å². The van der Waals surface area contributed by atoms with Gasteiger partial charge < -0.3 is 9.47 Å². The smallest absolute Gasteiger partial charge is 0.416 e. The Kier molecular flexibility index (Phi) is 8.51. The highest BCUT2D eigenvalue weighted by Gasteiger charge is 2.42. The molecule has 1 unspecified atom stereocenters. The van der Waals surface area contributed by atoms with Crippen molar-refractivity contribution in [2.45, 2.75) is 38.1 Å². The maximum atomic E-state index is 13.3. The lowest BCUT2D eigenvalue weighted by molar-refractivity contribution is -0.144. The van der Waals surface area contributed by atoms with Gasteiger partial charge in [0, 0.05) is 0 Å². The number of benzene rings is 2. The first-order chi connectivity index (χ1) is 14.3. The second-order valence-electron chi connectivity index (χ2n) is 7.50. The van der Waals surface area contributed by atoms with Gasteiger partial charge in [0.2, 0.25) is 0 Å². The van der Waals surface area contributed by atoms with Crippen molar-refractivity contribution < 1.29 is 27.4 Å². The summed E-state index contributed by atoms with van der Waals surface area (Å²) in [5.74, 6) is -0.296. The molecular formula is C23H27ClF3NO3. The standard InChI is InChI=1S/C23H26F3NO3.ClH/c1-3-29-21(28)15-27(2)13-7-12-22(20-11-5-4-8-17(20)16-30-22)18-9-6-10-19(14-18)23(24,25)26;/h4-6,8-11,14H,3,7,12-13,15-16H2,1-2H3;1H. The van der Waals surface area contributed by atoms with E-state index in [9.17, 15) is 18.0 Å². The van der Waals surface area contributed by atoms with Crippen molar-refractivity contribution in [1.82, 2.24) is 4.90 Å². The summed E-state index contributed by atoms with van der Waals surface area (Å²) in [4.78, 5) is 13.5. The second kappa shape index (κ2) is 10.5. The van der Waals surface area contributed by atoms with Crippen LogP contribution in [0.4, 0.5) is 13.2 Å². The summed E-state index contributed by atoms with van der Waals surface area (Å²) in [5, 5.41) is 0. The van der Waals surface area contributed by atoms with Crippen molar-refractivity contribution in [2.24, 2.45) is 0 Å². The molecule has 31 heavy (non-hydrogen) atoms. The van der Waals surface area contributed by atoms with Gasteiger partial charge in [-0.1, -0.05) is 36.4 Å². The summed E-state index contributed by atoms with van der Waals surface area (Å²) < 4.78 is 51.1. The van der Waals surface area contributed by atoms with Gasteiger partial charge in [-0.15, -0.1) is 12.4 Å². The van der Waals surface area contributed by atoms with E-state index in [1.165, 1.54) is 12.1 Å². The molecule has 1 aliphatic heterocycles. The molecule has 0 saturated carbocycles. The Morgan fingerprint density at radius 3 is 2.65 bits per heavy atom. The normalized spacial score (nSPS) is 17.9. The molecule has 1 atom stereocenters. The van der Waals surface area contributed by atoms with Gasteiger partial charge in [0.25, 0.3) is 0 Å². The number of likely N-dealkylation sites (N-methyl/N-ethyl adjacent to an activating group) is 1. The van der Waals surface area contributed by atoms with Gasteiger partial charge in [0.15, 0.2) is 0 Å². The number of hydrogen-bond acceptors (Lipinski definition) is 4. The zero-order valence-corrected chi connectivity index (χ0v) is 18.4. The van der Waals surface area contributed by atoms with E-state index < -0.39 is 17.3 Å². The summed E-state index contributed by atoms with van der Waals surface area (Å²) in [6.45, 7) is 3.19. The molecule has 0 aliphatic carbocycles. The van der Waals surface area contributed by atoms with Crippen LogP contribution in [0.2, 0.25) is 0 Å². The summed E-state index contributed by atoms with van der Waals surface area (Å²) in [6, 6.07) is 13.0. The van der Waals surface area contributed by atoms with Crippen LogP contribution in [0.5, 0.6) is 0 Å². The predicted molar refractivity (Wildman–Crippen MR) is 114 cm³/mol. The Labute approximate surface area is 186 Å². The molecule has 0 amide bonds. The number of rotatable bonds is 8. The predicted octanol–water partition coefficient (Wildman–Crippen LogP) is 5.18. The quantitative estimate of drug-likeness (QED) is 0.512. The van der Waals surface area contributed by atoms with Crippen LogP contribution in [0.3, 0.4) is 0 Å². The van der Waals surface area contributed by atoms with Crippen LogP contribution >= 0.6 is 12.4 Å². The third-order valence-corrected chi connectivity index (χ3v) is 5.36. The lowest BCUT2D eigenvalue weighted by atomic mass is 9.81. The Bertz CT molecular complexity index is 890. The highest BCUT2D eigenvalue weighted by Crippen LogP contribution is 2.46. The summed E-state index contributed by atoms with van der Waals surface area (Å²) in [7, 11) is 1.82. The summed E-state index contributed by atoms with van der Waals surface area (Å²) in [6.07, 6.45) is -3.28. The Morgan fingerprint density at radius 1 is 1.19 bits per heavy atom. The van der Waals surface area contributed by atoms with Crippen LogP contribution in [0.15, 0.2) is 48.5 Å². The molecule has 0 aromatic heterocycles. The molecule has 170 valence electrons. The van der Waals surface area contributed by atoms with Crippen LogP contribution in [-0.4, -0.2) is 37.6 Å². The Morgan fingerprint density at radius 2 is 1.94 bits per heavy atom. The first-order valence-electron chi connectivity index (χ1n) is 10.0. The minimum absolute atomic E-state index is 0. The molecule has 2 aromatic rings. The molecule has 0 fully saturated rings.